The number of aryl methyl sites for hydroxylation is 5. The molecule has 5 nitrogen and oxygen atoms in total. The van der Waals surface area contributed by atoms with Crippen molar-refractivity contribution in [3.8, 4) is 0 Å². The standard InChI is InChI=1S/C26H30N2O3S/c1-16-7-10-24(20(5)12-16)21(6)27-26(29)22-9-8-19(4)25(15-22)32(30,31)28-23-13-17(2)11-18(3)14-23/h7-15,21,28H,1-6H3,(H,27,29). The Bertz CT molecular complexity index is 1260. The summed E-state index contributed by atoms with van der Waals surface area (Å²) in [6, 6.07) is 16.2. The molecule has 0 heterocycles. The third-order valence-corrected chi connectivity index (χ3v) is 6.98. The van der Waals surface area contributed by atoms with Crippen molar-refractivity contribution in [2.75, 3.05) is 4.72 Å². The summed E-state index contributed by atoms with van der Waals surface area (Å²) in [5.41, 5.74) is 6.59. The predicted octanol–water partition coefficient (Wildman–Crippen LogP) is 5.52. The second kappa shape index (κ2) is 9.17. The lowest BCUT2D eigenvalue weighted by molar-refractivity contribution is 0.0939. The van der Waals surface area contributed by atoms with Crippen LogP contribution in [0.4, 0.5) is 5.69 Å². The average Bonchev–Trinajstić information content (AvgIpc) is 2.66. The van der Waals surface area contributed by atoms with E-state index in [4.69, 9.17) is 0 Å². The molecule has 3 rings (SSSR count). The minimum atomic E-state index is -3.86. The number of benzene rings is 3. The van der Waals surface area contributed by atoms with Crippen molar-refractivity contribution in [1.82, 2.24) is 5.32 Å². The smallest absolute Gasteiger partial charge is 0.262 e. The molecule has 0 aliphatic heterocycles. The van der Waals surface area contributed by atoms with Gasteiger partial charge in [-0.1, -0.05) is 35.9 Å². The summed E-state index contributed by atoms with van der Waals surface area (Å²) >= 11 is 0. The maximum atomic E-state index is 13.1. The molecule has 0 aliphatic rings. The average molecular weight is 451 g/mol. The van der Waals surface area contributed by atoms with Crippen LogP contribution in [0.15, 0.2) is 59.5 Å². The molecule has 3 aromatic rings. The SMILES string of the molecule is Cc1cc(C)cc(NS(=O)(=O)c2cc(C(=O)NC(C)c3ccc(C)cc3C)ccc2C)c1. The highest BCUT2D eigenvalue weighted by atomic mass is 32.2. The number of nitrogens with one attached hydrogen (secondary N) is 2. The van der Waals surface area contributed by atoms with Gasteiger partial charge in [0.15, 0.2) is 0 Å². The van der Waals surface area contributed by atoms with Gasteiger partial charge >= 0.3 is 0 Å². The Morgan fingerprint density at radius 3 is 2.06 bits per heavy atom. The van der Waals surface area contributed by atoms with Gasteiger partial charge in [-0.15, -0.1) is 0 Å². The number of amides is 1. The van der Waals surface area contributed by atoms with E-state index in [0.29, 0.717) is 16.8 Å². The van der Waals surface area contributed by atoms with E-state index in [-0.39, 0.29) is 16.8 Å². The fourth-order valence-electron chi connectivity index (χ4n) is 3.94. The van der Waals surface area contributed by atoms with Crippen LogP contribution >= 0.6 is 0 Å². The third kappa shape index (κ3) is 5.37. The second-order valence-electron chi connectivity index (χ2n) is 8.52. The number of carbonyl (C=O) groups is 1. The Labute approximate surface area is 190 Å². The molecule has 0 saturated carbocycles. The number of anilines is 1. The van der Waals surface area contributed by atoms with Crippen LogP contribution in [0.25, 0.3) is 0 Å². The monoisotopic (exact) mass is 450 g/mol. The molecule has 1 amide bonds. The van der Waals surface area contributed by atoms with Crippen molar-refractivity contribution in [3.63, 3.8) is 0 Å². The van der Waals surface area contributed by atoms with Gasteiger partial charge in [0.2, 0.25) is 0 Å². The molecule has 0 fully saturated rings. The van der Waals surface area contributed by atoms with Gasteiger partial charge in [-0.05, 0) is 93.6 Å². The maximum Gasteiger partial charge on any atom is 0.262 e. The molecule has 0 saturated heterocycles. The summed E-state index contributed by atoms with van der Waals surface area (Å²) in [7, 11) is -3.86. The Hall–Kier alpha value is -3.12. The minimum Gasteiger partial charge on any atom is -0.346 e. The van der Waals surface area contributed by atoms with E-state index in [0.717, 1.165) is 27.8 Å². The summed E-state index contributed by atoms with van der Waals surface area (Å²) in [6.45, 7) is 11.5. The molecule has 168 valence electrons. The van der Waals surface area contributed by atoms with Crippen LogP contribution < -0.4 is 10.0 Å². The van der Waals surface area contributed by atoms with Gasteiger partial charge in [-0.25, -0.2) is 8.42 Å². The van der Waals surface area contributed by atoms with Crippen LogP contribution in [-0.2, 0) is 10.0 Å². The summed E-state index contributed by atoms with van der Waals surface area (Å²) < 4.78 is 28.8. The van der Waals surface area contributed by atoms with Crippen molar-refractivity contribution in [2.45, 2.75) is 52.5 Å². The van der Waals surface area contributed by atoms with Crippen molar-refractivity contribution in [3.05, 3.63) is 93.5 Å². The van der Waals surface area contributed by atoms with E-state index in [1.165, 1.54) is 6.07 Å². The number of carbonyl (C=O) groups excluding carboxylic acids is 1. The van der Waals surface area contributed by atoms with Gasteiger partial charge in [0.1, 0.15) is 0 Å². The van der Waals surface area contributed by atoms with Gasteiger partial charge in [-0.3, -0.25) is 9.52 Å². The van der Waals surface area contributed by atoms with Crippen LogP contribution in [0, 0.1) is 34.6 Å². The van der Waals surface area contributed by atoms with E-state index in [1.54, 1.807) is 31.2 Å². The van der Waals surface area contributed by atoms with Crippen molar-refractivity contribution in [1.29, 1.82) is 0 Å². The number of rotatable bonds is 6. The largest absolute Gasteiger partial charge is 0.346 e. The van der Waals surface area contributed by atoms with Crippen molar-refractivity contribution in [2.24, 2.45) is 0 Å². The number of hydrogen-bond donors (Lipinski definition) is 2. The van der Waals surface area contributed by atoms with Gasteiger partial charge in [-0.2, -0.15) is 0 Å². The van der Waals surface area contributed by atoms with E-state index in [2.05, 4.69) is 16.1 Å². The first-order valence-electron chi connectivity index (χ1n) is 10.6. The Kier molecular flexibility index (Phi) is 6.74. The first-order valence-corrected chi connectivity index (χ1v) is 12.0. The van der Waals surface area contributed by atoms with Crippen molar-refractivity contribution >= 4 is 21.6 Å². The lowest BCUT2D eigenvalue weighted by Gasteiger charge is -2.18. The van der Waals surface area contributed by atoms with Gasteiger partial charge in [0, 0.05) is 11.3 Å². The fourth-order valence-corrected chi connectivity index (χ4v) is 5.26. The van der Waals surface area contributed by atoms with Gasteiger partial charge < -0.3 is 5.32 Å². The topological polar surface area (TPSA) is 75.3 Å². The lowest BCUT2D eigenvalue weighted by Crippen LogP contribution is -2.27. The van der Waals surface area contributed by atoms with Crippen LogP contribution in [0.2, 0.25) is 0 Å². The zero-order chi connectivity index (χ0) is 23.6. The fraction of sp³-hybridized carbons (Fsp3) is 0.269. The quantitative estimate of drug-likeness (QED) is 0.519. The van der Waals surface area contributed by atoms with Gasteiger partial charge in [0.25, 0.3) is 15.9 Å². The van der Waals surface area contributed by atoms with E-state index in [1.807, 2.05) is 52.8 Å². The predicted molar refractivity (Wildman–Crippen MR) is 130 cm³/mol. The molecular weight excluding hydrogens is 420 g/mol. The highest BCUT2D eigenvalue weighted by molar-refractivity contribution is 7.92. The molecule has 0 bridgehead atoms. The Morgan fingerprint density at radius 2 is 1.44 bits per heavy atom. The van der Waals surface area contributed by atoms with Crippen LogP contribution in [0.3, 0.4) is 0 Å². The zero-order valence-corrected chi connectivity index (χ0v) is 20.2. The zero-order valence-electron chi connectivity index (χ0n) is 19.4. The number of hydrogen-bond acceptors (Lipinski definition) is 3. The lowest BCUT2D eigenvalue weighted by atomic mass is 10.00. The highest BCUT2D eigenvalue weighted by Gasteiger charge is 2.21. The molecule has 0 aromatic heterocycles. The highest BCUT2D eigenvalue weighted by Crippen LogP contribution is 2.24. The minimum absolute atomic E-state index is 0.0866. The second-order valence-corrected chi connectivity index (χ2v) is 10.2. The van der Waals surface area contributed by atoms with Crippen LogP contribution in [-0.4, -0.2) is 14.3 Å². The third-order valence-electron chi connectivity index (χ3n) is 5.45. The molecule has 0 aliphatic carbocycles. The molecule has 3 aromatic carbocycles. The van der Waals surface area contributed by atoms with Crippen LogP contribution in [0.5, 0.6) is 0 Å². The molecule has 0 spiro atoms. The van der Waals surface area contributed by atoms with E-state index in [9.17, 15) is 13.2 Å². The normalized spacial score (nSPS) is 12.3. The molecule has 2 N–H and O–H groups in total. The number of sulfonamides is 1. The molecule has 32 heavy (non-hydrogen) atoms. The Morgan fingerprint density at radius 1 is 0.781 bits per heavy atom. The van der Waals surface area contributed by atoms with Crippen LogP contribution in [0.1, 0.15) is 56.7 Å². The summed E-state index contributed by atoms with van der Waals surface area (Å²) in [4.78, 5) is 13.0. The summed E-state index contributed by atoms with van der Waals surface area (Å²) in [6.07, 6.45) is 0. The van der Waals surface area contributed by atoms with E-state index < -0.39 is 10.0 Å². The molecule has 1 unspecified atom stereocenters. The first-order chi connectivity index (χ1) is 15.0. The summed E-state index contributed by atoms with van der Waals surface area (Å²) in [5.74, 6) is -0.319. The molecule has 0 radical (unpaired) electrons. The molecule has 1 atom stereocenters. The molecular formula is C26H30N2O3S. The Balaban J connectivity index is 1.86. The van der Waals surface area contributed by atoms with Gasteiger partial charge in [0.05, 0.1) is 10.9 Å². The maximum absolute atomic E-state index is 13.1. The van der Waals surface area contributed by atoms with Crippen molar-refractivity contribution < 1.29 is 13.2 Å². The molecule has 6 heteroatoms. The first kappa shape index (κ1) is 23.5. The summed E-state index contributed by atoms with van der Waals surface area (Å²) in [5, 5.41) is 2.98. The van der Waals surface area contributed by atoms with E-state index >= 15 is 0 Å².